The van der Waals surface area contributed by atoms with E-state index in [9.17, 15) is 14.4 Å². The Kier molecular flexibility index (Phi) is 5.08. The van der Waals surface area contributed by atoms with Crippen molar-refractivity contribution in [3.8, 4) is 0 Å². The Balaban J connectivity index is 1.62. The van der Waals surface area contributed by atoms with Crippen LogP contribution in [0.25, 0.3) is 0 Å². The summed E-state index contributed by atoms with van der Waals surface area (Å²) in [5.41, 5.74) is 2.83. The standard InChI is InChI=1S/C19H27N3O3/c1-4-15-17(13(3)23)12(2)20-18(15)16(24)11-21-7-9-22(10-8-21)19(25)14-5-6-14/h14,20H,4-11H2,1-3H3. The molecule has 2 heterocycles. The third-order valence-corrected chi connectivity index (χ3v) is 5.25. The predicted octanol–water partition coefficient (Wildman–Crippen LogP) is 1.83. The van der Waals surface area contributed by atoms with Gasteiger partial charge in [0, 0.05) is 43.4 Å². The molecule has 1 aliphatic carbocycles. The number of aromatic amines is 1. The van der Waals surface area contributed by atoms with Gasteiger partial charge in [-0.25, -0.2) is 0 Å². The Morgan fingerprint density at radius 2 is 1.76 bits per heavy atom. The molecule has 0 unspecified atom stereocenters. The maximum atomic E-state index is 12.7. The highest BCUT2D eigenvalue weighted by atomic mass is 16.2. The van der Waals surface area contributed by atoms with Gasteiger partial charge in [0.15, 0.2) is 11.6 Å². The molecule has 1 saturated heterocycles. The van der Waals surface area contributed by atoms with Crippen LogP contribution in [0.1, 0.15) is 58.8 Å². The first-order chi connectivity index (χ1) is 11.9. The SMILES string of the molecule is CCc1c(C(=O)CN2CCN(C(=O)C3CC3)CC2)[nH]c(C)c1C(C)=O. The number of nitrogens with one attached hydrogen (secondary N) is 1. The maximum Gasteiger partial charge on any atom is 0.225 e. The van der Waals surface area contributed by atoms with E-state index < -0.39 is 0 Å². The van der Waals surface area contributed by atoms with Crippen molar-refractivity contribution in [1.82, 2.24) is 14.8 Å². The van der Waals surface area contributed by atoms with Crippen molar-refractivity contribution in [2.45, 2.75) is 40.0 Å². The smallest absolute Gasteiger partial charge is 0.225 e. The van der Waals surface area contributed by atoms with Gasteiger partial charge in [0.05, 0.1) is 12.2 Å². The number of piperazine rings is 1. The van der Waals surface area contributed by atoms with Crippen LogP contribution in [0.15, 0.2) is 0 Å². The first-order valence-electron chi connectivity index (χ1n) is 9.19. The molecule has 1 aromatic rings. The van der Waals surface area contributed by atoms with Gasteiger partial charge in [0.25, 0.3) is 0 Å². The Morgan fingerprint density at radius 1 is 1.12 bits per heavy atom. The first-order valence-corrected chi connectivity index (χ1v) is 9.19. The minimum absolute atomic E-state index is 0.00291. The van der Waals surface area contributed by atoms with E-state index in [0.717, 1.165) is 37.2 Å². The lowest BCUT2D eigenvalue weighted by Gasteiger charge is -2.34. The molecule has 0 spiro atoms. The van der Waals surface area contributed by atoms with Crippen molar-refractivity contribution < 1.29 is 14.4 Å². The third-order valence-electron chi connectivity index (χ3n) is 5.25. The van der Waals surface area contributed by atoms with E-state index >= 15 is 0 Å². The number of rotatable bonds is 6. The van der Waals surface area contributed by atoms with Gasteiger partial charge in [0.2, 0.25) is 5.91 Å². The molecule has 1 N–H and O–H groups in total. The molecule has 6 heteroatoms. The molecule has 1 saturated carbocycles. The van der Waals surface area contributed by atoms with Gasteiger partial charge in [-0.05, 0) is 38.7 Å². The Bertz CT molecular complexity index is 695. The lowest BCUT2D eigenvalue weighted by Crippen LogP contribution is -2.50. The monoisotopic (exact) mass is 345 g/mol. The zero-order valence-electron chi connectivity index (χ0n) is 15.4. The van der Waals surface area contributed by atoms with E-state index in [1.807, 2.05) is 18.7 Å². The molecule has 0 aromatic carbocycles. The van der Waals surface area contributed by atoms with Crippen molar-refractivity contribution in [3.05, 3.63) is 22.5 Å². The average Bonchev–Trinajstić information content (AvgIpc) is 3.37. The predicted molar refractivity (Wildman–Crippen MR) is 95.0 cm³/mol. The summed E-state index contributed by atoms with van der Waals surface area (Å²) in [4.78, 5) is 43.9. The molecule has 1 aromatic heterocycles. The van der Waals surface area contributed by atoms with Crippen LogP contribution in [0.3, 0.4) is 0 Å². The summed E-state index contributed by atoms with van der Waals surface area (Å²) in [5, 5.41) is 0. The molecule has 6 nitrogen and oxygen atoms in total. The van der Waals surface area contributed by atoms with E-state index in [0.29, 0.717) is 37.3 Å². The second-order valence-electron chi connectivity index (χ2n) is 7.19. The summed E-state index contributed by atoms with van der Waals surface area (Å²) in [5.74, 6) is 0.559. The van der Waals surface area contributed by atoms with E-state index in [1.165, 1.54) is 0 Å². The van der Waals surface area contributed by atoms with E-state index in [-0.39, 0.29) is 23.4 Å². The van der Waals surface area contributed by atoms with Gasteiger partial charge in [-0.2, -0.15) is 0 Å². The van der Waals surface area contributed by atoms with Gasteiger partial charge >= 0.3 is 0 Å². The van der Waals surface area contributed by atoms with Crippen molar-refractivity contribution in [1.29, 1.82) is 0 Å². The molecule has 0 atom stereocenters. The second kappa shape index (κ2) is 7.12. The van der Waals surface area contributed by atoms with Crippen LogP contribution in [0.2, 0.25) is 0 Å². The van der Waals surface area contributed by atoms with E-state index in [1.54, 1.807) is 6.92 Å². The van der Waals surface area contributed by atoms with Crippen LogP contribution in [0, 0.1) is 12.8 Å². The van der Waals surface area contributed by atoms with E-state index in [2.05, 4.69) is 9.88 Å². The number of nitrogens with zero attached hydrogens (tertiary/aromatic N) is 2. The molecular formula is C19H27N3O3. The van der Waals surface area contributed by atoms with Crippen molar-refractivity contribution in [3.63, 3.8) is 0 Å². The highest BCUT2D eigenvalue weighted by Crippen LogP contribution is 2.31. The topological polar surface area (TPSA) is 73.5 Å². The van der Waals surface area contributed by atoms with Crippen LogP contribution in [0.5, 0.6) is 0 Å². The van der Waals surface area contributed by atoms with Crippen LogP contribution in [-0.4, -0.2) is 65.0 Å². The van der Waals surface area contributed by atoms with Crippen molar-refractivity contribution in [2.24, 2.45) is 5.92 Å². The fraction of sp³-hybridized carbons (Fsp3) is 0.632. The number of aryl methyl sites for hydroxylation is 1. The van der Waals surface area contributed by atoms with Crippen LogP contribution in [0.4, 0.5) is 0 Å². The highest BCUT2D eigenvalue weighted by Gasteiger charge is 2.35. The summed E-state index contributed by atoms with van der Waals surface area (Å²) >= 11 is 0. The Morgan fingerprint density at radius 3 is 2.28 bits per heavy atom. The number of ketones is 2. The molecule has 3 rings (SSSR count). The first kappa shape index (κ1) is 17.9. The van der Waals surface area contributed by atoms with Crippen molar-refractivity contribution in [2.75, 3.05) is 32.7 Å². The second-order valence-corrected chi connectivity index (χ2v) is 7.19. The largest absolute Gasteiger partial charge is 0.355 e. The molecule has 1 amide bonds. The third kappa shape index (κ3) is 3.68. The normalized spacial score (nSPS) is 18.4. The minimum Gasteiger partial charge on any atom is -0.355 e. The number of aromatic nitrogens is 1. The van der Waals surface area contributed by atoms with Gasteiger partial charge in [0.1, 0.15) is 0 Å². The molecule has 25 heavy (non-hydrogen) atoms. The fourth-order valence-electron chi connectivity index (χ4n) is 3.74. The summed E-state index contributed by atoms with van der Waals surface area (Å²) in [7, 11) is 0. The van der Waals surface area contributed by atoms with Crippen molar-refractivity contribution >= 4 is 17.5 Å². The molecule has 1 aliphatic heterocycles. The number of amides is 1. The lowest BCUT2D eigenvalue weighted by molar-refractivity contribution is -0.134. The van der Waals surface area contributed by atoms with Crippen LogP contribution >= 0.6 is 0 Å². The molecule has 0 radical (unpaired) electrons. The number of Topliss-reactive ketones (excluding diaryl/α,β-unsaturated/α-hetero) is 2. The zero-order valence-corrected chi connectivity index (χ0v) is 15.4. The number of carbonyl (C=O) groups is 3. The maximum absolute atomic E-state index is 12.7. The molecular weight excluding hydrogens is 318 g/mol. The van der Waals surface area contributed by atoms with Gasteiger partial charge in [-0.3, -0.25) is 19.3 Å². The Hall–Kier alpha value is -1.95. The summed E-state index contributed by atoms with van der Waals surface area (Å²) in [6.45, 7) is 8.53. The molecule has 2 fully saturated rings. The quantitative estimate of drug-likeness (QED) is 0.798. The molecule has 136 valence electrons. The lowest BCUT2D eigenvalue weighted by atomic mass is 10.0. The van der Waals surface area contributed by atoms with Gasteiger partial charge in [-0.15, -0.1) is 0 Å². The Labute approximate surface area is 148 Å². The number of carbonyl (C=O) groups excluding carboxylic acids is 3. The minimum atomic E-state index is -0.00291. The summed E-state index contributed by atoms with van der Waals surface area (Å²) in [6.07, 6.45) is 2.72. The highest BCUT2D eigenvalue weighted by molar-refractivity contribution is 6.04. The molecule has 0 bridgehead atoms. The average molecular weight is 345 g/mol. The van der Waals surface area contributed by atoms with Crippen LogP contribution < -0.4 is 0 Å². The van der Waals surface area contributed by atoms with Gasteiger partial charge in [-0.1, -0.05) is 6.92 Å². The number of H-pyrrole nitrogens is 1. The molecule has 2 aliphatic rings. The van der Waals surface area contributed by atoms with Gasteiger partial charge < -0.3 is 9.88 Å². The zero-order chi connectivity index (χ0) is 18.1. The number of hydrogen-bond acceptors (Lipinski definition) is 4. The van der Waals surface area contributed by atoms with E-state index in [4.69, 9.17) is 0 Å². The number of hydrogen-bond donors (Lipinski definition) is 1. The van der Waals surface area contributed by atoms with Crippen LogP contribution in [-0.2, 0) is 11.2 Å². The summed E-state index contributed by atoms with van der Waals surface area (Å²) in [6, 6.07) is 0. The summed E-state index contributed by atoms with van der Waals surface area (Å²) < 4.78 is 0. The fourth-order valence-corrected chi connectivity index (χ4v) is 3.74.